The highest BCUT2D eigenvalue weighted by atomic mass is 35.5. The molecule has 0 spiro atoms. The van der Waals surface area contributed by atoms with Crippen LogP contribution in [0.15, 0.2) is 18.2 Å². The zero-order valence-corrected chi connectivity index (χ0v) is 13.1. The lowest BCUT2D eigenvalue weighted by Gasteiger charge is -2.20. The van der Waals surface area contributed by atoms with E-state index < -0.39 is 0 Å². The molecule has 0 saturated carbocycles. The molecule has 1 heterocycles. The van der Waals surface area contributed by atoms with E-state index in [1.54, 1.807) is 23.1 Å². The molecule has 0 atom stereocenters. The molecule has 1 aromatic carbocycles. The SMILES string of the molecule is Cc1cc(Cl)ccc1NC(=O)CC(=O)N1CCCCCC1. The number of nitrogens with zero attached hydrogens (tertiary/aromatic N) is 1. The van der Waals surface area contributed by atoms with Crippen LogP contribution in [0.5, 0.6) is 0 Å². The second-order valence-electron chi connectivity index (χ2n) is 5.48. The van der Waals surface area contributed by atoms with Gasteiger partial charge in [0.2, 0.25) is 11.8 Å². The van der Waals surface area contributed by atoms with Gasteiger partial charge in [0.05, 0.1) is 0 Å². The number of carbonyl (C=O) groups is 2. The van der Waals surface area contributed by atoms with Gasteiger partial charge in [-0.25, -0.2) is 0 Å². The smallest absolute Gasteiger partial charge is 0.233 e. The minimum atomic E-state index is -0.269. The van der Waals surface area contributed by atoms with Crippen molar-refractivity contribution in [1.29, 1.82) is 0 Å². The van der Waals surface area contributed by atoms with Gasteiger partial charge in [-0.3, -0.25) is 9.59 Å². The molecule has 1 aliphatic heterocycles. The number of hydrogen-bond acceptors (Lipinski definition) is 2. The van der Waals surface area contributed by atoms with Crippen molar-refractivity contribution in [3.05, 3.63) is 28.8 Å². The molecular weight excluding hydrogens is 288 g/mol. The van der Waals surface area contributed by atoms with Crippen LogP contribution in [0.1, 0.15) is 37.7 Å². The molecule has 1 N–H and O–H groups in total. The molecule has 5 heteroatoms. The number of aryl methyl sites for hydroxylation is 1. The molecule has 0 aliphatic carbocycles. The third-order valence-corrected chi connectivity index (χ3v) is 3.97. The van der Waals surface area contributed by atoms with Crippen LogP contribution in [0.4, 0.5) is 5.69 Å². The van der Waals surface area contributed by atoms with Crippen molar-refractivity contribution >= 4 is 29.1 Å². The Morgan fingerprint density at radius 3 is 2.48 bits per heavy atom. The third-order valence-electron chi connectivity index (χ3n) is 3.73. The Kier molecular flexibility index (Phi) is 5.62. The maximum Gasteiger partial charge on any atom is 0.233 e. The van der Waals surface area contributed by atoms with E-state index in [1.807, 2.05) is 6.92 Å². The summed E-state index contributed by atoms with van der Waals surface area (Å²) in [6.45, 7) is 3.41. The van der Waals surface area contributed by atoms with Gasteiger partial charge in [0.25, 0.3) is 0 Å². The number of nitrogens with one attached hydrogen (secondary N) is 1. The Morgan fingerprint density at radius 2 is 1.86 bits per heavy atom. The number of hydrogen-bond donors (Lipinski definition) is 1. The molecule has 0 aromatic heterocycles. The van der Waals surface area contributed by atoms with Gasteiger partial charge >= 0.3 is 0 Å². The van der Waals surface area contributed by atoms with Crippen LogP contribution in [-0.2, 0) is 9.59 Å². The summed E-state index contributed by atoms with van der Waals surface area (Å²) in [6.07, 6.45) is 4.30. The Morgan fingerprint density at radius 1 is 1.19 bits per heavy atom. The van der Waals surface area contributed by atoms with E-state index in [4.69, 9.17) is 11.6 Å². The zero-order chi connectivity index (χ0) is 15.2. The second-order valence-corrected chi connectivity index (χ2v) is 5.92. The largest absolute Gasteiger partial charge is 0.342 e. The lowest BCUT2D eigenvalue weighted by molar-refractivity contribution is -0.134. The Balaban J connectivity index is 1.90. The molecule has 4 nitrogen and oxygen atoms in total. The van der Waals surface area contributed by atoms with E-state index in [9.17, 15) is 9.59 Å². The molecule has 2 amide bonds. The zero-order valence-electron chi connectivity index (χ0n) is 12.3. The lowest BCUT2D eigenvalue weighted by atomic mass is 10.2. The first-order valence-electron chi connectivity index (χ1n) is 7.40. The molecule has 1 aliphatic rings. The van der Waals surface area contributed by atoms with E-state index in [2.05, 4.69) is 5.32 Å². The van der Waals surface area contributed by atoms with Crippen molar-refractivity contribution in [2.24, 2.45) is 0 Å². The van der Waals surface area contributed by atoms with Crippen LogP contribution < -0.4 is 5.32 Å². The van der Waals surface area contributed by atoms with Crippen LogP contribution in [0.2, 0.25) is 5.02 Å². The van der Waals surface area contributed by atoms with Gasteiger partial charge in [0.15, 0.2) is 0 Å². The van der Waals surface area contributed by atoms with Gasteiger partial charge in [0, 0.05) is 23.8 Å². The van der Waals surface area contributed by atoms with E-state index >= 15 is 0 Å². The summed E-state index contributed by atoms with van der Waals surface area (Å²) in [5, 5.41) is 3.41. The highest BCUT2D eigenvalue weighted by molar-refractivity contribution is 6.30. The average molecular weight is 309 g/mol. The fourth-order valence-electron chi connectivity index (χ4n) is 2.53. The van der Waals surface area contributed by atoms with Gasteiger partial charge in [-0.05, 0) is 43.5 Å². The van der Waals surface area contributed by atoms with E-state index in [0.29, 0.717) is 10.7 Å². The summed E-state index contributed by atoms with van der Waals surface area (Å²) in [7, 11) is 0. The number of benzene rings is 1. The summed E-state index contributed by atoms with van der Waals surface area (Å²) in [5.41, 5.74) is 1.59. The molecular formula is C16H21ClN2O2. The molecule has 1 saturated heterocycles. The minimum Gasteiger partial charge on any atom is -0.342 e. The first kappa shape index (κ1) is 15.8. The topological polar surface area (TPSA) is 49.4 Å². The summed E-state index contributed by atoms with van der Waals surface area (Å²) in [4.78, 5) is 25.9. The quantitative estimate of drug-likeness (QED) is 0.870. The number of likely N-dealkylation sites (tertiary alicyclic amines) is 1. The first-order valence-corrected chi connectivity index (χ1v) is 7.78. The van der Waals surface area contributed by atoms with Gasteiger partial charge in [-0.15, -0.1) is 0 Å². The van der Waals surface area contributed by atoms with Crippen LogP contribution in [0.25, 0.3) is 0 Å². The molecule has 1 aromatic rings. The average Bonchev–Trinajstić information content (AvgIpc) is 2.71. The Labute approximate surface area is 130 Å². The Bertz CT molecular complexity index is 523. The first-order chi connectivity index (χ1) is 10.1. The number of carbonyl (C=O) groups excluding carboxylic acids is 2. The molecule has 114 valence electrons. The van der Waals surface area contributed by atoms with E-state index in [0.717, 1.165) is 31.5 Å². The highest BCUT2D eigenvalue weighted by Gasteiger charge is 2.18. The maximum atomic E-state index is 12.1. The number of amides is 2. The lowest BCUT2D eigenvalue weighted by Crippen LogP contribution is -2.34. The molecule has 1 fully saturated rings. The molecule has 0 radical (unpaired) electrons. The summed E-state index contributed by atoms with van der Waals surface area (Å²) in [6, 6.07) is 5.26. The van der Waals surface area contributed by atoms with Crippen molar-refractivity contribution in [3.63, 3.8) is 0 Å². The fraction of sp³-hybridized carbons (Fsp3) is 0.500. The van der Waals surface area contributed by atoms with Gasteiger partial charge in [0.1, 0.15) is 6.42 Å². The molecule has 2 rings (SSSR count). The molecule has 0 unspecified atom stereocenters. The minimum absolute atomic E-state index is 0.0824. The van der Waals surface area contributed by atoms with Gasteiger partial charge < -0.3 is 10.2 Å². The van der Waals surface area contributed by atoms with Crippen molar-refractivity contribution in [1.82, 2.24) is 4.90 Å². The number of anilines is 1. The van der Waals surface area contributed by atoms with Crippen LogP contribution in [-0.4, -0.2) is 29.8 Å². The van der Waals surface area contributed by atoms with Gasteiger partial charge in [-0.1, -0.05) is 24.4 Å². The number of halogens is 1. The summed E-state index contributed by atoms with van der Waals surface area (Å²) >= 11 is 5.88. The predicted molar refractivity (Wildman–Crippen MR) is 84.5 cm³/mol. The van der Waals surface area contributed by atoms with Crippen LogP contribution >= 0.6 is 11.6 Å². The van der Waals surface area contributed by atoms with Crippen molar-refractivity contribution in [2.75, 3.05) is 18.4 Å². The Hall–Kier alpha value is -1.55. The van der Waals surface area contributed by atoms with E-state index in [1.165, 1.54) is 12.8 Å². The summed E-state index contributed by atoms with van der Waals surface area (Å²) in [5.74, 6) is -0.351. The van der Waals surface area contributed by atoms with Crippen molar-refractivity contribution < 1.29 is 9.59 Å². The monoisotopic (exact) mass is 308 g/mol. The number of rotatable bonds is 3. The fourth-order valence-corrected chi connectivity index (χ4v) is 2.76. The summed E-state index contributed by atoms with van der Waals surface area (Å²) < 4.78 is 0. The standard InChI is InChI=1S/C16H21ClN2O2/c1-12-10-13(17)6-7-14(12)18-15(20)11-16(21)19-8-4-2-3-5-9-19/h6-7,10H,2-5,8-9,11H2,1H3,(H,18,20). The van der Waals surface area contributed by atoms with Crippen LogP contribution in [0, 0.1) is 6.92 Å². The van der Waals surface area contributed by atoms with Crippen molar-refractivity contribution in [3.8, 4) is 0 Å². The van der Waals surface area contributed by atoms with E-state index in [-0.39, 0.29) is 18.2 Å². The van der Waals surface area contributed by atoms with Crippen LogP contribution in [0.3, 0.4) is 0 Å². The normalized spacial score (nSPS) is 15.4. The van der Waals surface area contributed by atoms with Gasteiger partial charge in [-0.2, -0.15) is 0 Å². The highest BCUT2D eigenvalue weighted by Crippen LogP contribution is 2.20. The third kappa shape index (κ3) is 4.74. The molecule has 0 bridgehead atoms. The predicted octanol–water partition coefficient (Wildman–Crippen LogP) is 3.38. The van der Waals surface area contributed by atoms with Crippen molar-refractivity contribution in [2.45, 2.75) is 39.0 Å². The second kappa shape index (κ2) is 7.46. The molecule has 21 heavy (non-hydrogen) atoms. The maximum absolute atomic E-state index is 12.1.